The summed E-state index contributed by atoms with van der Waals surface area (Å²) in [7, 11) is 0. The molecule has 5 nitrogen and oxygen atoms in total. The van der Waals surface area contributed by atoms with Gasteiger partial charge < -0.3 is 10.1 Å². The largest absolute Gasteiger partial charge is 0.493 e. The predicted molar refractivity (Wildman–Crippen MR) is 108 cm³/mol. The number of amides is 1. The topological polar surface area (TPSA) is 56.2 Å². The SMILES string of the molecule is Cc1ccc(-n2ncc(C(=O)NC3CCOc4ccc(Br)cc43)c2C(F)(F)F)cc1. The van der Waals surface area contributed by atoms with Crippen LogP contribution in [0.25, 0.3) is 5.69 Å². The Kier molecular flexibility index (Phi) is 5.31. The van der Waals surface area contributed by atoms with Gasteiger partial charge in [0.05, 0.1) is 30.1 Å². The van der Waals surface area contributed by atoms with Crippen molar-refractivity contribution in [2.45, 2.75) is 25.6 Å². The second-order valence-electron chi connectivity index (χ2n) is 7.00. The zero-order valence-electron chi connectivity index (χ0n) is 15.8. The average molecular weight is 480 g/mol. The summed E-state index contributed by atoms with van der Waals surface area (Å²) < 4.78 is 48.7. The fourth-order valence-electron chi connectivity index (χ4n) is 3.42. The van der Waals surface area contributed by atoms with Gasteiger partial charge in [-0.2, -0.15) is 18.3 Å². The van der Waals surface area contributed by atoms with Crippen LogP contribution in [0.1, 0.15) is 39.6 Å². The molecule has 1 aliphatic heterocycles. The summed E-state index contributed by atoms with van der Waals surface area (Å²) in [4.78, 5) is 12.9. The van der Waals surface area contributed by atoms with E-state index in [4.69, 9.17) is 4.74 Å². The summed E-state index contributed by atoms with van der Waals surface area (Å²) in [5.74, 6) is -0.236. The molecular weight excluding hydrogens is 463 g/mol. The molecule has 156 valence electrons. The van der Waals surface area contributed by atoms with Crippen molar-refractivity contribution in [1.29, 1.82) is 0 Å². The standard InChI is InChI=1S/C21H17BrF3N3O2/c1-12-2-5-14(6-3-12)28-19(21(23,24)25)16(11-26-28)20(29)27-17-8-9-30-18-7-4-13(22)10-15(17)18/h2-7,10-11,17H,8-9H2,1H3,(H,27,29). The Bertz CT molecular complexity index is 1090. The van der Waals surface area contributed by atoms with Gasteiger partial charge in [-0.15, -0.1) is 0 Å². The van der Waals surface area contributed by atoms with Gasteiger partial charge in [0.1, 0.15) is 5.75 Å². The summed E-state index contributed by atoms with van der Waals surface area (Å²) in [5.41, 5.74) is 0.217. The third-order valence-corrected chi connectivity index (χ3v) is 5.37. The zero-order valence-corrected chi connectivity index (χ0v) is 17.4. The number of halogens is 4. The van der Waals surface area contributed by atoms with Gasteiger partial charge in [0.15, 0.2) is 5.69 Å². The van der Waals surface area contributed by atoms with E-state index >= 15 is 0 Å². The molecule has 2 heterocycles. The molecule has 1 N–H and O–H groups in total. The van der Waals surface area contributed by atoms with Crippen molar-refractivity contribution in [2.75, 3.05) is 6.61 Å². The summed E-state index contributed by atoms with van der Waals surface area (Å²) in [6.45, 7) is 2.19. The summed E-state index contributed by atoms with van der Waals surface area (Å²) in [6.07, 6.45) is -3.35. The van der Waals surface area contributed by atoms with Crippen LogP contribution in [0.15, 0.2) is 53.1 Å². The van der Waals surface area contributed by atoms with Crippen molar-refractivity contribution in [2.24, 2.45) is 0 Å². The van der Waals surface area contributed by atoms with Gasteiger partial charge in [-0.1, -0.05) is 33.6 Å². The van der Waals surface area contributed by atoms with E-state index < -0.39 is 29.4 Å². The minimum absolute atomic E-state index is 0.229. The Morgan fingerprint density at radius 2 is 1.97 bits per heavy atom. The maximum Gasteiger partial charge on any atom is 0.434 e. The molecule has 0 radical (unpaired) electrons. The first-order chi connectivity index (χ1) is 14.2. The quantitative estimate of drug-likeness (QED) is 0.560. The maximum atomic E-state index is 13.9. The summed E-state index contributed by atoms with van der Waals surface area (Å²) in [6, 6.07) is 11.3. The fourth-order valence-corrected chi connectivity index (χ4v) is 3.80. The van der Waals surface area contributed by atoms with Crippen molar-refractivity contribution >= 4 is 21.8 Å². The highest BCUT2D eigenvalue weighted by atomic mass is 79.9. The van der Waals surface area contributed by atoms with Gasteiger partial charge in [-0.05, 0) is 37.3 Å². The molecule has 1 amide bonds. The fraction of sp³-hybridized carbons (Fsp3) is 0.238. The lowest BCUT2D eigenvalue weighted by molar-refractivity contribution is -0.143. The Labute approximate surface area is 179 Å². The van der Waals surface area contributed by atoms with Crippen LogP contribution in [-0.4, -0.2) is 22.3 Å². The molecule has 4 rings (SSSR count). The van der Waals surface area contributed by atoms with Gasteiger partial charge in [0.2, 0.25) is 0 Å². The van der Waals surface area contributed by atoms with E-state index in [2.05, 4.69) is 26.3 Å². The first kappa shape index (κ1) is 20.5. The van der Waals surface area contributed by atoms with Gasteiger partial charge in [0, 0.05) is 16.5 Å². The first-order valence-electron chi connectivity index (χ1n) is 9.19. The highest BCUT2D eigenvalue weighted by Crippen LogP contribution is 2.36. The molecule has 30 heavy (non-hydrogen) atoms. The minimum atomic E-state index is -4.76. The molecule has 0 saturated carbocycles. The molecule has 0 spiro atoms. The number of benzene rings is 2. The van der Waals surface area contributed by atoms with Crippen LogP contribution in [0.3, 0.4) is 0 Å². The van der Waals surface area contributed by atoms with E-state index in [1.54, 1.807) is 30.3 Å². The third kappa shape index (κ3) is 3.94. The van der Waals surface area contributed by atoms with E-state index in [-0.39, 0.29) is 5.69 Å². The number of hydrogen-bond donors (Lipinski definition) is 1. The number of carbonyl (C=O) groups excluding carboxylic acids is 1. The number of alkyl halides is 3. The van der Waals surface area contributed by atoms with E-state index in [0.717, 1.165) is 20.9 Å². The van der Waals surface area contributed by atoms with Crippen LogP contribution in [0.5, 0.6) is 5.75 Å². The number of nitrogens with zero attached hydrogens (tertiary/aromatic N) is 2. The van der Waals surface area contributed by atoms with Crippen molar-refractivity contribution in [1.82, 2.24) is 15.1 Å². The Morgan fingerprint density at radius 3 is 2.67 bits per heavy atom. The normalized spacial score (nSPS) is 16.0. The van der Waals surface area contributed by atoms with Crippen molar-refractivity contribution < 1.29 is 22.7 Å². The number of hydrogen-bond acceptors (Lipinski definition) is 3. The van der Waals surface area contributed by atoms with Crippen LogP contribution in [0.2, 0.25) is 0 Å². The van der Waals surface area contributed by atoms with E-state index in [1.807, 2.05) is 6.92 Å². The van der Waals surface area contributed by atoms with Crippen LogP contribution < -0.4 is 10.1 Å². The van der Waals surface area contributed by atoms with Crippen LogP contribution >= 0.6 is 15.9 Å². The maximum absolute atomic E-state index is 13.9. The lowest BCUT2D eigenvalue weighted by Gasteiger charge is -2.27. The molecule has 0 saturated heterocycles. The van der Waals surface area contributed by atoms with Crippen LogP contribution in [0.4, 0.5) is 13.2 Å². The van der Waals surface area contributed by atoms with Gasteiger partial charge >= 0.3 is 6.18 Å². The second-order valence-corrected chi connectivity index (χ2v) is 7.91. The van der Waals surface area contributed by atoms with Gasteiger partial charge in [-0.25, -0.2) is 4.68 Å². The Hall–Kier alpha value is -2.81. The van der Waals surface area contributed by atoms with Gasteiger partial charge in [-0.3, -0.25) is 4.79 Å². The van der Waals surface area contributed by atoms with Crippen molar-refractivity contribution in [3.05, 3.63) is 75.5 Å². The molecular formula is C21H17BrF3N3O2. The molecule has 9 heteroatoms. The Balaban J connectivity index is 1.69. The molecule has 0 bridgehead atoms. The molecule has 1 unspecified atom stereocenters. The van der Waals surface area contributed by atoms with E-state index in [1.165, 1.54) is 12.1 Å². The monoisotopic (exact) mass is 479 g/mol. The number of carbonyl (C=O) groups is 1. The second kappa shape index (κ2) is 7.79. The van der Waals surface area contributed by atoms with E-state index in [0.29, 0.717) is 24.3 Å². The Morgan fingerprint density at radius 1 is 1.23 bits per heavy atom. The smallest absolute Gasteiger partial charge is 0.434 e. The highest BCUT2D eigenvalue weighted by Gasteiger charge is 2.41. The molecule has 1 atom stereocenters. The molecule has 3 aromatic rings. The average Bonchev–Trinajstić information content (AvgIpc) is 3.15. The molecule has 2 aromatic carbocycles. The molecule has 0 aliphatic carbocycles. The third-order valence-electron chi connectivity index (χ3n) is 4.88. The molecule has 0 fully saturated rings. The predicted octanol–water partition coefficient (Wildman–Crippen LogP) is 5.22. The lowest BCUT2D eigenvalue weighted by atomic mass is 10.00. The van der Waals surface area contributed by atoms with Crippen LogP contribution in [-0.2, 0) is 6.18 Å². The lowest BCUT2D eigenvalue weighted by Crippen LogP contribution is -2.33. The van der Waals surface area contributed by atoms with Crippen molar-refractivity contribution in [3.63, 3.8) is 0 Å². The van der Waals surface area contributed by atoms with Crippen LogP contribution in [0, 0.1) is 6.92 Å². The number of fused-ring (bicyclic) bond motifs is 1. The molecule has 1 aromatic heterocycles. The van der Waals surface area contributed by atoms with E-state index in [9.17, 15) is 18.0 Å². The summed E-state index contributed by atoms with van der Waals surface area (Å²) in [5, 5.41) is 6.57. The number of nitrogens with one attached hydrogen (secondary N) is 1. The summed E-state index contributed by atoms with van der Waals surface area (Å²) >= 11 is 3.37. The number of rotatable bonds is 3. The number of aryl methyl sites for hydroxylation is 1. The highest BCUT2D eigenvalue weighted by molar-refractivity contribution is 9.10. The first-order valence-corrected chi connectivity index (χ1v) is 9.98. The number of ether oxygens (including phenoxy) is 1. The zero-order chi connectivity index (χ0) is 21.5. The van der Waals surface area contributed by atoms with Crippen molar-refractivity contribution in [3.8, 4) is 11.4 Å². The van der Waals surface area contributed by atoms with Gasteiger partial charge in [0.25, 0.3) is 5.91 Å². The minimum Gasteiger partial charge on any atom is -0.493 e. The molecule has 1 aliphatic rings. The number of aromatic nitrogens is 2.